The Bertz CT molecular complexity index is 1360. The lowest BCUT2D eigenvalue weighted by molar-refractivity contribution is -0.120. The van der Waals surface area contributed by atoms with Crippen LogP contribution in [0.15, 0.2) is 65.1 Å². The standard InChI is InChI=1S/C31H31FO6/c1-30(2)13-20(33)27-24(15-30)37-25-16-31(3,4)14-21(34)28(25)26(27)18-8-11-22(23(12-18)36-5)38-29(35)17-6-9-19(32)10-7-17/h6-12,26H,13-16H2,1-5H3. The van der Waals surface area contributed by atoms with E-state index in [1.165, 1.54) is 31.4 Å². The van der Waals surface area contributed by atoms with E-state index < -0.39 is 17.7 Å². The second-order valence-electron chi connectivity index (χ2n) is 11.9. The maximum atomic E-state index is 13.5. The molecule has 2 aromatic rings. The highest BCUT2D eigenvalue weighted by Gasteiger charge is 2.48. The first-order valence-electron chi connectivity index (χ1n) is 12.7. The lowest BCUT2D eigenvalue weighted by Gasteiger charge is -2.42. The summed E-state index contributed by atoms with van der Waals surface area (Å²) < 4.78 is 30.7. The molecule has 0 unspecified atom stereocenters. The van der Waals surface area contributed by atoms with Crippen molar-refractivity contribution >= 4 is 17.5 Å². The van der Waals surface area contributed by atoms with Gasteiger partial charge in [-0.05, 0) is 52.8 Å². The molecule has 0 saturated heterocycles. The van der Waals surface area contributed by atoms with E-state index >= 15 is 0 Å². The van der Waals surface area contributed by atoms with Gasteiger partial charge in [0.15, 0.2) is 23.1 Å². The fraction of sp³-hybridized carbons (Fsp3) is 0.387. The van der Waals surface area contributed by atoms with Crippen molar-refractivity contribution in [2.45, 2.75) is 59.3 Å². The van der Waals surface area contributed by atoms with Crippen molar-refractivity contribution in [2.75, 3.05) is 7.11 Å². The molecule has 3 aliphatic rings. The Kier molecular flexibility index (Phi) is 6.28. The topological polar surface area (TPSA) is 78.9 Å². The summed E-state index contributed by atoms with van der Waals surface area (Å²) in [6.07, 6.45) is 1.91. The van der Waals surface area contributed by atoms with Crippen LogP contribution in [0.3, 0.4) is 0 Å². The lowest BCUT2D eigenvalue weighted by atomic mass is 9.65. The van der Waals surface area contributed by atoms with Crippen LogP contribution in [-0.2, 0) is 14.3 Å². The Morgan fingerprint density at radius 1 is 0.842 bits per heavy atom. The molecular formula is C31H31FO6. The number of ketones is 2. The molecule has 0 aromatic heterocycles. The molecular weight excluding hydrogens is 487 g/mol. The Morgan fingerprint density at radius 3 is 1.92 bits per heavy atom. The summed E-state index contributed by atoms with van der Waals surface area (Å²) in [7, 11) is 1.45. The van der Waals surface area contributed by atoms with Gasteiger partial charge in [0.1, 0.15) is 17.3 Å². The summed E-state index contributed by atoms with van der Waals surface area (Å²) >= 11 is 0. The van der Waals surface area contributed by atoms with E-state index in [2.05, 4.69) is 0 Å². The number of Topliss-reactive ketones (excluding diaryl/α,β-unsaturated/α-hetero) is 2. The monoisotopic (exact) mass is 518 g/mol. The highest BCUT2D eigenvalue weighted by Crippen LogP contribution is 2.53. The molecule has 7 heteroatoms. The van der Waals surface area contributed by atoms with Crippen LogP contribution in [0.1, 0.15) is 75.2 Å². The molecule has 38 heavy (non-hydrogen) atoms. The molecule has 0 N–H and O–H groups in total. The van der Waals surface area contributed by atoms with Gasteiger partial charge in [0, 0.05) is 42.7 Å². The summed E-state index contributed by atoms with van der Waals surface area (Å²) in [4.78, 5) is 39.6. The second-order valence-corrected chi connectivity index (χ2v) is 11.9. The minimum absolute atomic E-state index is 0.0313. The summed E-state index contributed by atoms with van der Waals surface area (Å²) in [5, 5.41) is 0. The first kappa shape index (κ1) is 25.9. The maximum absolute atomic E-state index is 13.5. The van der Waals surface area contributed by atoms with Gasteiger partial charge in [-0.1, -0.05) is 33.8 Å². The molecule has 6 nitrogen and oxygen atoms in total. The lowest BCUT2D eigenvalue weighted by Crippen LogP contribution is -2.37. The molecule has 1 heterocycles. The molecule has 5 rings (SSSR count). The van der Waals surface area contributed by atoms with E-state index in [0.717, 1.165) is 0 Å². The van der Waals surface area contributed by atoms with E-state index in [4.69, 9.17) is 14.2 Å². The van der Waals surface area contributed by atoms with Gasteiger partial charge in [0.05, 0.1) is 12.7 Å². The quantitative estimate of drug-likeness (QED) is 0.342. The van der Waals surface area contributed by atoms with Crippen molar-refractivity contribution in [1.82, 2.24) is 0 Å². The largest absolute Gasteiger partial charge is 0.493 e. The van der Waals surface area contributed by atoms with E-state index in [9.17, 15) is 18.8 Å². The normalized spacial score (nSPS) is 20.5. The zero-order valence-electron chi connectivity index (χ0n) is 22.3. The Morgan fingerprint density at radius 2 is 1.39 bits per heavy atom. The van der Waals surface area contributed by atoms with Crippen LogP contribution in [0, 0.1) is 16.6 Å². The van der Waals surface area contributed by atoms with Gasteiger partial charge < -0.3 is 14.2 Å². The summed E-state index contributed by atoms with van der Waals surface area (Å²) in [5.41, 5.74) is 1.43. The Labute approximate surface area is 221 Å². The predicted molar refractivity (Wildman–Crippen MR) is 138 cm³/mol. The number of carbonyl (C=O) groups is 3. The zero-order chi connectivity index (χ0) is 27.4. The van der Waals surface area contributed by atoms with Crippen LogP contribution < -0.4 is 9.47 Å². The molecule has 0 bridgehead atoms. The number of hydrogen-bond donors (Lipinski definition) is 0. The number of allylic oxidation sites excluding steroid dienone is 4. The maximum Gasteiger partial charge on any atom is 0.343 e. The number of carbonyl (C=O) groups excluding carboxylic acids is 3. The number of hydrogen-bond acceptors (Lipinski definition) is 6. The number of rotatable bonds is 4. The summed E-state index contributed by atoms with van der Waals surface area (Å²) in [5.74, 6) is -0.0501. The van der Waals surface area contributed by atoms with Crippen LogP contribution in [0.25, 0.3) is 0 Å². The molecule has 0 spiro atoms. The fourth-order valence-corrected chi connectivity index (χ4v) is 5.70. The summed E-state index contributed by atoms with van der Waals surface area (Å²) in [6.45, 7) is 8.17. The molecule has 0 amide bonds. The number of halogens is 1. The van der Waals surface area contributed by atoms with Crippen LogP contribution in [0.5, 0.6) is 11.5 Å². The smallest absolute Gasteiger partial charge is 0.343 e. The minimum Gasteiger partial charge on any atom is -0.493 e. The van der Waals surface area contributed by atoms with Gasteiger partial charge in [0.25, 0.3) is 0 Å². The van der Waals surface area contributed by atoms with Crippen molar-refractivity contribution in [3.63, 3.8) is 0 Å². The average molecular weight is 519 g/mol. The zero-order valence-corrected chi connectivity index (χ0v) is 22.3. The van der Waals surface area contributed by atoms with Gasteiger partial charge in [-0.25, -0.2) is 9.18 Å². The van der Waals surface area contributed by atoms with Crippen LogP contribution in [-0.4, -0.2) is 24.6 Å². The van der Waals surface area contributed by atoms with Crippen LogP contribution >= 0.6 is 0 Å². The van der Waals surface area contributed by atoms with E-state index in [1.54, 1.807) is 18.2 Å². The van der Waals surface area contributed by atoms with Gasteiger partial charge in [-0.2, -0.15) is 0 Å². The average Bonchev–Trinajstić information content (AvgIpc) is 2.81. The first-order chi connectivity index (χ1) is 17.9. The molecule has 1 aliphatic heterocycles. The third-order valence-corrected chi connectivity index (χ3v) is 7.39. The molecule has 0 radical (unpaired) electrons. The molecule has 2 aromatic carbocycles. The fourth-order valence-electron chi connectivity index (χ4n) is 5.70. The molecule has 0 saturated carbocycles. The SMILES string of the molecule is COc1cc(C2C3=C(CC(C)(C)CC3=O)OC3=C2C(=O)CC(C)(C)C3)ccc1OC(=O)c1ccc(F)cc1. The number of ether oxygens (including phenoxy) is 3. The Hall–Kier alpha value is -3.74. The Balaban J connectivity index is 1.57. The highest BCUT2D eigenvalue weighted by atomic mass is 19.1. The molecule has 0 atom stereocenters. The third-order valence-electron chi connectivity index (χ3n) is 7.39. The van der Waals surface area contributed by atoms with Gasteiger partial charge in [-0.3, -0.25) is 9.59 Å². The van der Waals surface area contributed by atoms with Crippen molar-refractivity contribution in [3.05, 3.63) is 82.1 Å². The highest BCUT2D eigenvalue weighted by molar-refractivity contribution is 6.06. The molecule has 0 fully saturated rings. The van der Waals surface area contributed by atoms with Crippen LogP contribution in [0.2, 0.25) is 0 Å². The van der Waals surface area contributed by atoms with Crippen LogP contribution in [0.4, 0.5) is 4.39 Å². The predicted octanol–water partition coefficient (Wildman–Crippen LogP) is 6.45. The van der Waals surface area contributed by atoms with E-state index in [0.29, 0.717) is 53.9 Å². The van der Waals surface area contributed by atoms with Gasteiger partial charge >= 0.3 is 5.97 Å². The van der Waals surface area contributed by atoms with E-state index in [-0.39, 0.29) is 39.5 Å². The summed E-state index contributed by atoms with van der Waals surface area (Å²) in [6, 6.07) is 10.1. The second kappa shape index (κ2) is 9.22. The number of esters is 1. The van der Waals surface area contributed by atoms with E-state index in [1.807, 2.05) is 27.7 Å². The third kappa shape index (κ3) is 4.77. The van der Waals surface area contributed by atoms with Crippen molar-refractivity contribution in [3.8, 4) is 11.5 Å². The van der Waals surface area contributed by atoms with Crippen molar-refractivity contribution in [1.29, 1.82) is 0 Å². The number of methoxy groups -OCH3 is 1. The first-order valence-corrected chi connectivity index (χ1v) is 12.7. The molecule has 198 valence electrons. The van der Waals surface area contributed by atoms with Gasteiger partial charge in [-0.15, -0.1) is 0 Å². The minimum atomic E-state index is -0.661. The van der Waals surface area contributed by atoms with Crippen molar-refractivity contribution in [2.24, 2.45) is 10.8 Å². The molecule has 2 aliphatic carbocycles. The van der Waals surface area contributed by atoms with Crippen molar-refractivity contribution < 1.29 is 33.0 Å². The van der Waals surface area contributed by atoms with Gasteiger partial charge in [0.2, 0.25) is 0 Å². The number of benzene rings is 2.